The Morgan fingerprint density at radius 3 is 2.30 bits per heavy atom. The van der Waals surface area contributed by atoms with Crippen molar-refractivity contribution in [1.29, 1.82) is 0 Å². The first kappa shape index (κ1) is 14.1. The molecule has 4 rings (SSSR count). The molecule has 5 heteroatoms. The van der Waals surface area contributed by atoms with Crippen LogP contribution in [0.2, 0.25) is 0 Å². The lowest BCUT2D eigenvalue weighted by atomic mass is 10.1. The average molecular weight is 320 g/mol. The van der Waals surface area contributed by atoms with E-state index in [0.717, 1.165) is 26.9 Å². The van der Waals surface area contributed by atoms with Gasteiger partial charge in [-0.15, -0.1) is 10.2 Å². The van der Waals surface area contributed by atoms with Gasteiger partial charge in [0.25, 0.3) is 0 Å². The van der Waals surface area contributed by atoms with E-state index in [1.54, 1.807) is 11.3 Å². The third kappa shape index (κ3) is 2.43. The number of nitrogens with zero attached hydrogens (tertiary/aromatic N) is 4. The van der Waals surface area contributed by atoms with Gasteiger partial charge < -0.3 is 0 Å². The minimum absolute atomic E-state index is 0.784. The van der Waals surface area contributed by atoms with Crippen LogP contribution in [0.5, 0.6) is 0 Å². The van der Waals surface area contributed by atoms with Crippen LogP contribution in [0.1, 0.15) is 16.7 Å². The van der Waals surface area contributed by atoms with Crippen LogP contribution in [0.3, 0.4) is 0 Å². The molecule has 0 saturated carbocycles. The summed E-state index contributed by atoms with van der Waals surface area (Å²) in [6, 6.07) is 14.7. The Morgan fingerprint density at radius 2 is 1.57 bits per heavy atom. The predicted octanol–water partition coefficient (Wildman–Crippen LogP) is 4.45. The second-order valence-electron chi connectivity index (χ2n) is 5.79. The van der Waals surface area contributed by atoms with Crippen molar-refractivity contribution in [2.24, 2.45) is 0 Å². The second-order valence-corrected chi connectivity index (χ2v) is 6.75. The summed E-state index contributed by atoms with van der Waals surface area (Å²) in [5, 5.41) is 14.2. The molecule has 23 heavy (non-hydrogen) atoms. The zero-order valence-corrected chi connectivity index (χ0v) is 14.1. The van der Waals surface area contributed by atoms with Gasteiger partial charge in [0.05, 0.1) is 0 Å². The van der Waals surface area contributed by atoms with Gasteiger partial charge in [-0.2, -0.15) is 9.61 Å². The number of aryl methyl sites for hydroxylation is 3. The predicted molar refractivity (Wildman–Crippen MR) is 93.7 cm³/mol. The van der Waals surface area contributed by atoms with Crippen molar-refractivity contribution < 1.29 is 0 Å². The molecular weight excluding hydrogens is 304 g/mol. The van der Waals surface area contributed by atoms with Crippen LogP contribution in [-0.2, 0) is 0 Å². The van der Waals surface area contributed by atoms with E-state index >= 15 is 0 Å². The van der Waals surface area contributed by atoms with E-state index in [4.69, 9.17) is 5.10 Å². The lowest BCUT2D eigenvalue weighted by Gasteiger charge is -2.01. The van der Waals surface area contributed by atoms with Crippen molar-refractivity contribution in [1.82, 2.24) is 19.8 Å². The molecule has 114 valence electrons. The molecule has 0 aliphatic heterocycles. The molecule has 2 aromatic heterocycles. The largest absolute Gasteiger partial charge is 0.235 e. The summed E-state index contributed by atoms with van der Waals surface area (Å²) in [7, 11) is 0. The second kappa shape index (κ2) is 5.28. The number of hydrogen-bond donors (Lipinski definition) is 0. The van der Waals surface area contributed by atoms with E-state index in [-0.39, 0.29) is 0 Å². The highest BCUT2D eigenvalue weighted by molar-refractivity contribution is 7.19. The Morgan fingerprint density at radius 1 is 0.826 bits per heavy atom. The fraction of sp³-hybridized carbons (Fsp3) is 0.167. The van der Waals surface area contributed by atoms with Crippen LogP contribution in [0.4, 0.5) is 0 Å². The first-order valence-electron chi connectivity index (χ1n) is 7.49. The maximum Gasteiger partial charge on any atom is 0.235 e. The molecule has 0 atom stereocenters. The van der Waals surface area contributed by atoms with Crippen molar-refractivity contribution in [3.63, 3.8) is 0 Å². The molecule has 0 amide bonds. The molecule has 0 fully saturated rings. The van der Waals surface area contributed by atoms with Crippen LogP contribution in [0.25, 0.3) is 26.9 Å². The standard InChI is InChI=1S/C18H16N4S/c1-11-4-7-14(8-5-11)16-19-20-18-22(16)21-17(23-18)15-9-6-12(2)13(3)10-15/h4-10H,1-3H3. The summed E-state index contributed by atoms with van der Waals surface area (Å²) in [6.45, 7) is 6.31. The van der Waals surface area contributed by atoms with Crippen molar-refractivity contribution in [3.05, 3.63) is 59.2 Å². The van der Waals surface area contributed by atoms with Crippen LogP contribution < -0.4 is 0 Å². The zero-order chi connectivity index (χ0) is 16.0. The molecule has 0 radical (unpaired) electrons. The zero-order valence-electron chi connectivity index (χ0n) is 13.2. The molecule has 0 N–H and O–H groups in total. The summed E-state index contributed by atoms with van der Waals surface area (Å²) in [5.74, 6) is 0.784. The topological polar surface area (TPSA) is 43.1 Å². The molecule has 0 saturated heterocycles. The molecule has 0 spiro atoms. The van der Waals surface area contributed by atoms with Crippen LogP contribution in [0, 0.1) is 20.8 Å². The third-order valence-electron chi connectivity index (χ3n) is 4.05. The smallest absolute Gasteiger partial charge is 0.182 e. The van der Waals surface area contributed by atoms with E-state index in [2.05, 4.69) is 73.4 Å². The first-order valence-corrected chi connectivity index (χ1v) is 8.30. The molecule has 0 bridgehead atoms. The van der Waals surface area contributed by atoms with Crippen LogP contribution >= 0.6 is 11.3 Å². The molecule has 4 nitrogen and oxygen atoms in total. The van der Waals surface area contributed by atoms with Gasteiger partial charge in [-0.05, 0) is 38.0 Å². The molecule has 4 aromatic rings. The maximum atomic E-state index is 4.72. The highest BCUT2D eigenvalue weighted by atomic mass is 32.1. The Balaban J connectivity index is 1.82. The number of hydrogen-bond acceptors (Lipinski definition) is 4. The average Bonchev–Trinajstić information content (AvgIpc) is 3.11. The van der Waals surface area contributed by atoms with Crippen molar-refractivity contribution >= 4 is 16.3 Å². The summed E-state index contributed by atoms with van der Waals surface area (Å²) >= 11 is 1.56. The maximum absolute atomic E-state index is 4.72. The molecule has 0 aliphatic rings. The molecule has 0 aliphatic carbocycles. The number of benzene rings is 2. The van der Waals surface area contributed by atoms with Gasteiger partial charge in [-0.3, -0.25) is 0 Å². The normalized spacial score (nSPS) is 11.3. The number of aromatic nitrogens is 4. The lowest BCUT2D eigenvalue weighted by Crippen LogP contribution is -1.91. The van der Waals surface area contributed by atoms with Gasteiger partial charge in [0.2, 0.25) is 4.96 Å². The van der Waals surface area contributed by atoms with Gasteiger partial charge in [0.15, 0.2) is 5.82 Å². The fourth-order valence-corrected chi connectivity index (χ4v) is 3.33. The van der Waals surface area contributed by atoms with Gasteiger partial charge in [-0.25, -0.2) is 0 Å². The Bertz CT molecular complexity index is 996. The molecule has 2 aromatic carbocycles. The van der Waals surface area contributed by atoms with Gasteiger partial charge in [0, 0.05) is 11.1 Å². The summed E-state index contributed by atoms with van der Waals surface area (Å²) in [4.78, 5) is 0.814. The highest BCUT2D eigenvalue weighted by Crippen LogP contribution is 2.29. The van der Waals surface area contributed by atoms with E-state index in [9.17, 15) is 0 Å². The summed E-state index contributed by atoms with van der Waals surface area (Å²) in [6.07, 6.45) is 0. The van der Waals surface area contributed by atoms with Gasteiger partial charge in [0.1, 0.15) is 5.01 Å². The lowest BCUT2D eigenvalue weighted by molar-refractivity contribution is 0.970. The van der Waals surface area contributed by atoms with Gasteiger partial charge in [-0.1, -0.05) is 53.3 Å². The third-order valence-corrected chi connectivity index (χ3v) is 5.00. The molecule has 0 unspecified atom stereocenters. The highest BCUT2D eigenvalue weighted by Gasteiger charge is 2.14. The number of rotatable bonds is 2. The Hall–Kier alpha value is -2.53. The van der Waals surface area contributed by atoms with Crippen molar-refractivity contribution in [2.75, 3.05) is 0 Å². The van der Waals surface area contributed by atoms with E-state index < -0.39 is 0 Å². The Kier molecular flexibility index (Phi) is 3.23. The van der Waals surface area contributed by atoms with Crippen molar-refractivity contribution in [3.8, 4) is 22.0 Å². The van der Waals surface area contributed by atoms with Crippen LogP contribution in [0.15, 0.2) is 42.5 Å². The molecule has 2 heterocycles. The summed E-state index contributed by atoms with van der Waals surface area (Å²) < 4.78 is 1.83. The monoisotopic (exact) mass is 320 g/mol. The Labute approximate surface area is 138 Å². The van der Waals surface area contributed by atoms with E-state index in [0.29, 0.717) is 0 Å². The first-order chi connectivity index (χ1) is 11.1. The van der Waals surface area contributed by atoms with E-state index in [1.165, 1.54) is 16.7 Å². The minimum atomic E-state index is 0.784. The van der Waals surface area contributed by atoms with Gasteiger partial charge >= 0.3 is 0 Å². The minimum Gasteiger partial charge on any atom is -0.182 e. The summed E-state index contributed by atoms with van der Waals surface area (Å²) in [5.41, 5.74) is 5.94. The molecular formula is C18H16N4S. The fourth-order valence-electron chi connectivity index (χ4n) is 2.49. The SMILES string of the molecule is Cc1ccc(-c2nnc3sc(-c4ccc(C)c(C)c4)nn23)cc1. The quantitative estimate of drug-likeness (QED) is 0.548. The number of fused-ring (bicyclic) bond motifs is 1. The van der Waals surface area contributed by atoms with E-state index in [1.807, 2.05) is 4.52 Å². The van der Waals surface area contributed by atoms with Crippen LogP contribution in [-0.4, -0.2) is 19.8 Å². The van der Waals surface area contributed by atoms with Crippen molar-refractivity contribution in [2.45, 2.75) is 20.8 Å².